The first kappa shape index (κ1) is 9.90. The van der Waals surface area contributed by atoms with Crippen molar-refractivity contribution in [2.75, 3.05) is 0 Å². The number of aryl methyl sites for hydroxylation is 2. The molecule has 78 valence electrons. The highest BCUT2D eigenvalue weighted by Gasteiger charge is 2.06. The maximum Gasteiger partial charge on any atom is 0.169 e. The van der Waals surface area contributed by atoms with Gasteiger partial charge in [0.25, 0.3) is 0 Å². The predicted molar refractivity (Wildman–Crippen MR) is 57.2 cm³/mol. The Bertz CT molecular complexity index is 431. The SMILES string of the molecule is CCc1cc(-c2cc[n+](CC)cc2)on1. The highest BCUT2D eigenvalue weighted by molar-refractivity contribution is 5.55. The van der Waals surface area contributed by atoms with Gasteiger partial charge >= 0.3 is 0 Å². The zero-order valence-corrected chi connectivity index (χ0v) is 9.10. The van der Waals surface area contributed by atoms with Crippen LogP contribution in [0.4, 0.5) is 0 Å². The van der Waals surface area contributed by atoms with Gasteiger partial charge in [-0.1, -0.05) is 12.1 Å². The fourth-order valence-electron chi connectivity index (χ4n) is 1.45. The Hall–Kier alpha value is -1.64. The molecule has 0 aliphatic rings. The molecule has 0 unspecified atom stereocenters. The molecule has 2 rings (SSSR count). The van der Waals surface area contributed by atoms with E-state index in [0.29, 0.717) is 0 Å². The average Bonchev–Trinajstić information content (AvgIpc) is 2.78. The van der Waals surface area contributed by atoms with Gasteiger partial charge in [-0.25, -0.2) is 4.57 Å². The second-order valence-electron chi connectivity index (χ2n) is 3.45. The Balaban J connectivity index is 2.28. The van der Waals surface area contributed by atoms with Crippen molar-refractivity contribution in [3.05, 3.63) is 36.3 Å². The minimum absolute atomic E-state index is 0.843. The number of hydrogen-bond donors (Lipinski definition) is 0. The van der Waals surface area contributed by atoms with Crippen molar-refractivity contribution in [2.24, 2.45) is 0 Å². The van der Waals surface area contributed by atoms with E-state index in [1.54, 1.807) is 0 Å². The molecule has 0 fully saturated rings. The van der Waals surface area contributed by atoms with Crippen LogP contribution >= 0.6 is 0 Å². The number of rotatable bonds is 3. The first-order chi connectivity index (χ1) is 7.33. The van der Waals surface area contributed by atoms with E-state index >= 15 is 0 Å². The van der Waals surface area contributed by atoms with E-state index in [0.717, 1.165) is 30.0 Å². The summed E-state index contributed by atoms with van der Waals surface area (Å²) in [6.07, 6.45) is 5.00. The lowest BCUT2D eigenvalue weighted by atomic mass is 10.2. The van der Waals surface area contributed by atoms with Crippen molar-refractivity contribution in [1.82, 2.24) is 5.16 Å². The second-order valence-corrected chi connectivity index (χ2v) is 3.45. The molecule has 0 spiro atoms. The fraction of sp³-hybridized carbons (Fsp3) is 0.333. The highest BCUT2D eigenvalue weighted by Crippen LogP contribution is 2.18. The summed E-state index contributed by atoms with van der Waals surface area (Å²) < 4.78 is 7.37. The number of nitrogens with zero attached hydrogens (tertiary/aromatic N) is 2. The molecule has 0 aliphatic heterocycles. The summed E-state index contributed by atoms with van der Waals surface area (Å²) in [6, 6.07) is 6.08. The summed E-state index contributed by atoms with van der Waals surface area (Å²) in [5.74, 6) is 0.843. The van der Waals surface area contributed by atoms with Gasteiger partial charge in [-0.3, -0.25) is 0 Å². The largest absolute Gasteiger partial charge is 0.356 e. The molecule has 0 aromatic carbocycles. The van der Waals surface area contributed by atoms with Crippen molar-refractivity contribution in [2.45, 2.75) is 26.8 Å². The standard InChI is InChI=1S/C12H15N2O/c1-3-11-9-12(15-13-11)10-5-7-14(4-2)8-6-10/h5-9H,3-4H2,1-2H3/q+1. The van der Waals surface area contributed by atoms with Crippen molar-refractivity contribution < 1.29 is 9.09 Å². The van der Waals surface area contributed by atoms with Gasteiger partial charge < -0.3 is 4.52 Å². The van der Waals surface area contributed by atoms with E-state index < -0.39 is 0 Å². The zero-order valence-electron chi connectivity index (χ0n) is 9.10. The van der Waals surface area contributed by atoms with Crippen LogP contribution in [0.5, 0.6) is 0 Å². The molecular formula is C12H15N2O+. The lowest BCUT2D eigenvalue weighted by molar-refractivity contribution is -0.693. The van der Waals surface area contributed by atoms with Crippen molar-refractivity contribution in [3.63, 3.8) is 0 Å². The molecule has 0 radical (unpaired) electrons. The topological polar surface area (TPSA) is 29.9 Å². The molecule has 2 aromatic rings. The minimum Gasteiger partial charge on any atom is -0.356 e. The first-order valence-corrected chi connectivity index (χ1v) is 5.28. The molecule has 3 nitrogen and oxygen atoms in total. The number of pyridine rings is 1. The van der Waals surface area contributed by atoms with E-state index in [2.05, 4.69) is 23.6 Å². The van der Waals surface area contributed by atoms with Gasteiger partial charge in [0.1, 0.15) is 6.54 Å². The quantitative estimate of drug-likeness (QED) is 0.716. The third kappa shape index (κ3) is 2.06. The van der Waals surface area contributed by atoms with Crippen LogP contribution in [0.25, 0.3) is 11.3 Å². The zero-order chi connectivity index (χ0) is 10.7. The molecule has 0 saturated heterocycles. The van der Waals surface area contributed by atoms with Crippen LogP contribution < -0.4 is 4.57 Å². The Kier molecular flexibility index (Phi) is 2.81. The lowest BCUT2D eigenvalue weighted by Crippen LogP contribution is -2.30. The van der Waals surface area contributed by atoms with Gasteiger partial charge in [0.15, 0.2) is 18.2 Å². The smallest absolute Gasteiger partial charge is 0.169 e. The van der Waals surface area contributed by atoms with Crippen LogP contribution in [0.15, 0.2) is 35.1 Å². The van der Waals surface area contributed by atoms with Crippen LogP contribution in [0.3, 0.4) is 0 Å². The predicted octanol–water partition coefficient (Wildman–Crippen LogP) is 2.21. The molecule has 0 bridgehead atoms. The monoisotopic (exact) mass is 203 g/mol. The van der Waals surface area contributed by atoms with E-state index in [-0.39, 0.29) is 0 Å². The Morgan fingerprint density at radius 3 is 2.53 bits per heavy atom. The molecule has 3 heteroatoms. The number of aromatic nitrogens is 2. The van der Waals surface area contributed by atoms with Crippen molar-refractivity contribution >= 4 is 0 Å². The number of hydrogen-bond acceptors (Lipinski definition) is 2. The van der Waals surface area contributed by atoms with Crippen molar-refractivity contribution in [1.29, 1.82) is 0 Å². The molecule has 0 atom stereocenters. The van der Waals surface area contributed by atoms with E-state index in [9.17, 15) is 0 Å². The van der Waals surface area contributed by atoms with Crippen LogP contribution in [0.2, 0.25) is 0 Å². The summed E-state index contributed by atoms with van der Waals surface area (Å²) in [5, 5.41) is 3.97. The van der Waals surface area contributed by atoms with Gasteiger partial charge in [-0.15, -0.1) is 0 Å². The Morgan fingerprint density at radius 1 is 1.27 bits per heavy atom. The third-order valence-corrected chi connectivity index (χ3v) is 2.46. The summed E-state index contributed by atoms with van der Waals surface area (Å²) >= 11 is 0. The molecule has 0 N–H and O–H groups in total. The molecule has 15 heavy (non-hydrogen) atoms. The molecule has 0 saturated carbocycles. The third-order valence-electron chi connectivity index (χ3n) is 2.46. The molecule has 2 heterocycles. The van der Waals surface area contributed by atoms with Gasteiger partial charge in [0.05, 0.1) is 5.69 Å². The highest BCUT2D eigenvalue weighted by atomic mass is 16.5. The van der Waals surface area contributed by atoms with Gasteiger partial charge in [0, 0.05) is 23.8 Å². The van der Waals surface area contributed by atoms with Crippen LogP contribution in [0.1, 0.15) is 19.5 Å². The van der Waals surface area contributed by atoms with Crippen molar-refractivity contribution in [3.8, 4) is 11.3 Å². The summed E-state index contributed by atoms with van der Waals surface area (Å²) in [5.41, 5.74) is 2.07. The molecule has 0 aliphatic carbocycles. The molecular weight excluding hydrogens is 188 g/mol. The van der Waals surface area contributed by atoms with E-state index in [1.165, 1.54) is 0 Å². The molecule has 2 aromatic heterocycles. The maximum absolute atomic E-state index is 5.26. The Morgan fingerprint density at radius 2 is 2.00 bits per heavy atom. The van der Waals surface area contributed by atoms with Crippen LogP contribution in [-0.2, 0) is 13.0 Å². The Labute approximate surface area is 89.3 Å². The first-order valence-electron chi connectivity index (χ1n) is 5.28. The second kappa shape index (κ2) is 4.26. The van der Waals surface area contributed by atoms with Gasteiger partial charge in [-0.2, -0.15) is 0 Å². The van der Waals surface area contributed by atoms with E-state index in [4.69, 9.17) is 4.52 Å². The van der Waals surface area contributed by atoms with Gasteiger partial charge in [-0.05, 0) is 13.3 Å². The van der Waals surface area contributed by atoms with Crippen LogP contribution in [-0.4, -0.2) is 5.16 Å². The average molecular weight is 203 g/mol. The maximum atomic E-state index is 5.26. The fourth-order valence-corrected chi connectivity index (χ4v) is 1.45. The summed E-state index contributed by atoms with van der Waals surface area (Å²) in [7, 11) is 0. The van der Waals surface area contributed by atoms with Crippen LogP contribution in [0, 0.1) is 0 Å². The van der Waals surface area contributed by atoms with E-state index in [1.807, 2.05) is 30.6 Å². The minimum atomic E-state index is 0.843. The summed E-state index contributed by atoms with van der Waals surface area (Å²) in [4.78, 5) is 0. The van der Waals surface area contributed by atoms with Gasteiger partial charge in [0.2, 0.25) is 0 Å². The normalized spacial score (nSPS) is 10.5. The lowest BCUT2D eigenvalue weighted by Gasteiger charge is -1.93. The molecule has 0 amide bonds. The summed E-state index contributed by atoms with van der Waals surface area (Å²) in [6.45, 7) is 5.16.